The first-order valence-corrected chi connectivity index (χ1v) is 8.70. The van der Waals surface area contributed by atoms with Gasteiger partial charge >= 0.3 is 0 Å². The third kappa shape index (κ3) is 4.79. The van der Waals surface area contributed by atoms with Gasteiger partial charge in [-0.3, -0.25) is 9.59 Å². The molecule has 27 heavy (non-hydrogen) atoms. The molecular weight excluding hydrogens is 338 g/mol. The molecule has 3 rings (SSSR count). The number of hydrogen-bond donors (Lipinski definition) is 2. The average molecular weight is 359 g/mol. The van der Waals surface area contributed by atoms with E-state index in [2.05, 4.69) is 15.6 Å². The molecule has 2 N–H and O–H groups in total. The van der Waals surface area contributed by atoms with Gasteiger partial charge in [0, 0.05) is 24.0 Å². The van der Waals surface area contributed by atoms with Gasteiger partial charge in [0.05, 0.1) is 5.56 Å². The predicted octanol–water partition coefficient (Wildman–Crippen LogP) is 4.27. The minimum Gasteiger partial charge on any atom is -0.348 e. The summed E-state index contributed by atoms with van der Waals surface area (Å²) < 4.78 is 0. The Balaban J connectivity index is 1.63. The van der Waals surface area contributed by atoms with Gasteiger partial charge in [0.25, 0.3) is 5.91 Å². The Kier molecular flexibility index (Phi) is 5.61. The average Bonchev–Trinajstić information content (AvgIpc) is 2.68. The normalized spacial score (nSPS) is 10.3. The lowest BCUT2D eigenvalue weighted by Gasteiger charge is -2.09. The Morgan fingerprint density at radius 2 is 1.78 bits per heavy atom. The van der Waals surface area contributed by atoms with E-state index in [9.17, 15) is 9.59 Å². The van der Waals surface area contributed by atoms with E-state index >= 15 is 0 Å². The first-order valence-electron chi connectivity index (χ1n) is 8.70. The molecule has 0 bridgehead atoms. The van der Waals surface area contributed by atoms with E-state index in [1.54, 1.807) is 24.3 Å². The van der Waals surface area contributed by atoms with Gasteiger partial charge in [0.2, 0.25) is 0 Å². The minimum atomic E-state index is -0.170. The highest BCUT2D eigenvalue weighted by Crippen LogP contribution is 2.17. The number of benzene rings is 2. The van der Waals surface area contributed by atoms with Crippen LogP contribution in [0.1, 0.15) is 38.8 Å². The number of carbonyl (C=O) groups is 2. The molecule has 0 atom stereocenters. The number of nitrogens with zero attached hydrogens (tertiary/aromatic N) is 1. The molecular formula is C22H21N3O2. The van der Waals surface area contributed by atoms with E-state index in [0.29, 0.717) is 23.5 Å². The molecule has 3 aromatic rings. The monoisotopic (exact) mass is 359 g/mol. The zero-order valence-electron chi connectivity index (χ0n) is 15.3. The molecule has 1 heterocycles. The van der Waals surface area contributed by atoms with E-state index in [1.807, 2.05) is 43.3 Å². The van der Waals surface area contributed by atoms with E-state index in [4.69, 9.17) is 0 Å². The van der Waals surface area contributed by atoms with E-state index in [0.717, 1.165) is 16.8 Å². The molecule has 1 aromatic heterocycles. The third-order valence-corrected chi connectivity index (χ3v) is 4.27. The maximum Gasteiger partial charge on any atom is 0.253 e. The maximum atomic E-state index is 12.3. The van der Waals surface area contributed by atoms with Crippen molar-refractivity contribution in [3.63, 3.8) is 0 Å². The smallest absolute Gasteiger partial charge is 0.253 e. The number of amides is 1. The van der Waals surface area contributed by atoms with Crippen molar-refractivity contribution in [1.82, 2.24) is 10.3 Å². The summed E-state index contributed by atoms with van der Waals surface area (Å²) >= 11 is 0. The van der Waals surface area contributed by atoms with E-state index in [-0.39, 0.29) is 11.7 Å². The maximum absolute atomic E-state index is 12.3. The highest BCUT2D eigenvalue weighted by Gasteiger charge is 2.07. The second-order valence-electron chi connectivity index (χ2n) is 6.30. The van der Waals surface area contributed by atoms with Crippen LogP contribution in [0.5, 0.6) is 0 Å². The molecule has 5 nitrogen and oxygen atoms in total. The number of aromatic nitrogens is 1. The summed E-state index contributed by atoms with van der Waals surface area (Å²) in [5, 5.41) is 6.04. The Bertz CT molecular complexity index is 965. The van der Waals surface area contributed by atoms with Crippen molar-refractivity contribution >= 4 is 23.2 Å². The van der Waals surface area contributed by atoms with Crippen LogP contribution in [-0.4, -0.2) is 16.7 Å². The Morgan fingerprint density at radius 1 is 0.963 bits per heavy atom. The van der Waals surface area contributed by atoms with Crippen LogP contribution in [0, 0.1) is 6.92 Å². The van der Waals surface area contributed by atoms with Gasteiger partial charge < -0.3 is 10.6 Å². The molecule has 1 amide bonds. The van der Waals surface area contributed by atoms with Gasteiger partial charge in [-0.05, 0) is 49.2 Å². The highest BCUT2D eigenvalue weighted by molar-refractivity contribution is 5.95. The first kappa shape index (κ1) is 18.3. The molecule has 0 unspecified atom stereocenters. The highest BCUT2D eigenvalue weighted by atomic mass is 16.1. The number of pyridine rings is 1. The van der Waals surface area contributed by atoms with Gasteiger partial charge in [-0.25, -0.2) is 4.98 Å². The molecule has 0 aliphatic heterocycles. The lowest BCUT2D eigenvalue weighted by molar-refractivity contribution is 0.0949. The van der Waals surface area contributed by atoms with Crippen LogP contribution in [0.2, 0.25) is 0 Å². The zero-order chi connectivity index (χ0) is 19.2. The lowest BCUT2D eigenvalue weighted by atomic mass is 10.1. The van der Waals surface area contributed by atoms with Crippen molar-refractivity contribution in [1.29, 1.82) is 0 Å². The third-order valence-electron chi connectivity index (χ3n) is 4.27. The second kappa shape index (κ2) is 8.27. The number of anilines is 2. The van der Waals surface area contributed by atoms with Crippen molar-refractivity contribution in [2.45, 2.75) is 20.4 Å². The lowest BCUT2D eigenvalue weighted by Crippen LogP contribution is -2.23. The molecule has 5 heteroatoms. The molecule has 0 radical (unpaired) electrons. The molecule has 0 aliphatic carbocycles. The number of rotatable bonds is 6. The summed E-state index contributed by atoms with van der Waals surface area (Å²) in [5.74, 6) is 0.439. The summed E-state index contributed by atoms with van der Waals surface area (Å²) in [6.07, 6.45) is 1.53. The summed E-state index contributed by atoms with van der Waals surface area (Å²) in [4.78, 5) is 28.1. The standard InChI is InChI=1S/C22H21N3O2/c1-15-6-3-4-7-18(15)13-24-22(27)19-10-11-21(23-14-19)25-20-9-5-8-17(12-20)16(2)26/h3-12,14H,13H2,1-2H3,(H,23,25)(H,24,27). The molecule has 0 aliphatic rings. The summed E-state index contributed by atoms with van der Waals surface area (Å²) in [6.45, 7) is 4.02. The second-order valence-corrected chi connectivity index (χ2v) is 6.30. The fourth-order valence-corrected chi connectivity index (χ4v) is 2.65. The first-order chi connectivity index (χ1) is 13.0. The number of ketones is 1. The molecule has 136 valence electrons. The predicted molar refractivity (Wildman–Crippen MR) is 106 cm³/mol. The zero-order valence-corrected chi connectivity index (χ0v) is 15.3. The Labute approximate surface area is 158 Å². The fraction of sp³-hybridized carbons (Fsp3) is 0.136. The molecule has 0 saturated carbocycles. The summed E-state index contributed by atoms with van der Waals surface area (Å²) in [5.41, 5.74) is 4.12. The van der Waals surface area contributed by atoms with Gasteiger partial charge in [-0.2, -0.15) is 0 Å². The largest absolute Gasteiger partial charge is 0.348 e. The number of carbonyl (C=O) groups excluding carboxylic acids is 2. The number of hydrogen-bond acceptors (Lipinski definition) is 4. The van der Waals surface area contributed by atoms with Crippen LogP contribution in [0.3, 0.4) is 0 Å². The van der Waals surface area contributed by atoms with Crippen LogP contribution >= 0.6 is 0 Å². The Morgan fingerprint density at radius 3 is 2.48 bits per heavy atom. The molecule has 0 fully saturated rings. The number of nitrogens with one attached hydrogen (secondary N) is 2. The minimum absolute atomic E-state index is 0.00674. The summed E-state index contributed by atoms with van der Waals surface area (Å²) in [6, 6.07) is 18.6. The van der Waals surface area contributed by atoms with Gasteiger partial charge in [-0.15, -0.1) is 0 Å². The van der Waals surface area contributed by atoms with Crippen LogP contribution in [0.25, 0.3) is 0 Å². The molecule has 0 spiro atoms. The fourth-order valence-electron chi connectivity index (χ4n) is 2.65. The molecule has 2 aromatic carbocycles. The van der Waals surface area contributed by atoms with Crippen LogP contribution in [0.15, 0.2) is 66.9 Å². The van der Waals surface area contributed by atoms with Crippen LogP contribution in [0.4, 0.5) is 11.5 Å². The van der Waals surface area contributed by atoms with Crippen molar-refractivity contribution < 1.29 is 9.59 Å². The SMILES string of the molecule is CC(=O)c1cccc(Nc2ccc(C(=O)NCc3ccccc3C)cn2)c1. The van der Waals surface area contributed by atoms with Crippen molar-refractivity contribution in [3.05, 3.63) is 89.1 Å². The van der Waals surface area contributed by atoms with Gasteiger partial charge in [0.1, 0.15) is 5.82 Å². The van der Waals surface area contributed by atoms with Crippen molar-refractivity contribution in [3.8, 4) is 0 Å². The van der Waals surface area contributed by atoms with E-state index < -0.39 is 0 Å². The van der Waals surface area contributed by atoms with Gasteiger partial charge in [-0.1, -0.05) is 36.4 Å². The topological polar surface area (TPSA) is 71.1 Å². The van der Waals surface area contributed by atoms with Crippen LogP contribution < -0.4 is 10.6 Å². The summed E-state index contributed by atoms with van der Waals surface area (Å²) in [7, 11) is 0. The quantitative estimate of drug-likeness (QED) is 0.645. The number of Topliss-reactive ketones (excluding diaryl/α,β-unsaturated/α-hetero) is 1. The Hall–Kier alpha value is -3.47. The van der Waals surface area contributed by atoms with Gasteiger partial charge in [0.15, 0.2) is 5.78 Å². The van der Waals surface area contributed by atoms with Crippen molar-refractivity contribution in [2.24, 2.45) is 0 Å². The van der Waals surface area contributed by atoms with E-state index in [1.165, 1.54) is 13.1 Å². The number of aryl methyl sites for hydroxylation is 1. The van der Waals surface area contributed by atoms with Crippen molar-refractivity contribution in [2.75, 3.05) is 5.32 Å². The van der Waals surface area contributed by atoms with Crippen LogP contribution in [-0.2, 0) is 6.54 Å². The molecule has 0 saturated heterocycles.